The number of rotatable bonds is 8. The minimum absolute atomic E-state index is 0. The van der Waals surface area contributed by atoms with Crippen molar-refractivity contribution in [3.63, 3.8) is 0 Å². The first-order chi connectivity index (χ1) is 8.13. The summed E-state index contributed by atoms with van der Waals surface area (Å²) >= 11 is 0. The van der Waals surface area contributed by atoms with Crippen LogP contribution in [0.5, 0.6) is 0 Å². The van der Waals surface area contributed by atoms with E-state index in [-0.39, 0.29) is 48.9 Å². The van der Waals surface area contributed by atoms with Gasteiger partial charge in [0.1, 0.15) is 0 Å². The van der Waals surface area contributed by atoms with E-state index in [0.717, 1.165) is 18.1 Å². The number of carbonyl (C=O) groups is 2. The molecule has 0 amide bonds. The van der Waals surface area contributed by atoms with Crippen molar-refractivity contribution < 1.29 is 19.3 Å². The second-order valence-corrected chi connectivity index (χ2v) is 3.41. The van der Waals surface area contributed by atoms with Gasteiger partial charge in [-0.2, -0.15) is 0 Å². The van der Waals surface area contributed by atoms with Gasteiger partial charge in [-0.1, -0.05) is 39.3 Å². The summed E-state index contributed by atoms with van der Waals surface area (Å²) in [5.74, 6) is -0.865. The van der Waals surface area contributed by atoms with Gasteiger partial charge in [0.15, 0.2) is 0 Å². The van der Waals surface area contributed by atoms with Gasteiger partial charge in [0, 0.05) is 18.1 Å². The van der Waals surface area contributed by atoms with E-state index in [1.165, 1.54) is 0 Å². The standard InChI is InChI=1S/C12H21NO4.Na.H/c1-4-7-8-9-10-13(16-11(14)5-2)17-12(15)6-3;;/h8-9H,4-7,10H2,1-3H3;;. The summed E-state index contributed by atoms with van der Waals surface area (Å²) in [4.78, 5) is 31.9. The van der Waals surface area contributed by atoms with Crippen LogP contribution in [0.1, 0.15) is 46.5 Å². The molecule has 0 aromatic heterocycles. The predicted molar refractivity (Wildman–Crippen MR) is 70.7 cm³/mol. The van der Waals surface area contributed by atoms with E-state index in [1.54, 1.807) is 19.9 Å². The molecule has 0 aliphatic heterocycles. The quantitative estimate of drug-likeness (QED) is 0.381. The van der Waals surface area contributed by atoms with Gasteiger partial charge < -0.3 is 9.68 Å². The van der Waals surface area contributed by atoms with Crippen LogP contribution >= 0.6 is 0 Å². The molecule has 100 valence electrons. The van der Waals surface area contributed by atoms with Crippen molar-refractivity contribution in [2.45, 2.75) is 46.5 Å². The van der Waals surface area contributed by atoms with Crippen molar-refractivity contribution in [1.82, 2.24) is 5.23 Å². The Bertz CT molecular complexity index is 251. The molecule has 0 saturated heterocycles. The second kappa shape index (κ2) is 13.1. The van der Waals surface area contributed by atoms with Crippen LogP contribution in [0.4, 0.5) is 0 Å². The molecule has 0 aromatic carbocycles. The van der Waals surface area contributed by atoms with Crippen molar-refractivity contribution in [1.29, 1.82) is 0 Å². The van der Waals surface area contributed by atoms with Gasteiger partial charge in [-0.3, -0.25) is 9.59 Å². The molecule has 0 atom stereocenters. The van der Waals surface area contributed by atoms with Gasteiger partial charge in [0.25, 0.3) is 0 Å². The molecule has 0 radical (unpaired) electrons. The Hall–Kier alpha value is -0.360. The van der Waals surface area contributed by atoms with E-state index in [2.05, 4.69) is 6.92 Å². The Balaban J connectivity index is 0. The first-order valence-corrected chi connectivity index (χ1v) is 5.98. The van der Waals surface area contributed by atoms with Crippen molar-refractivity contribution in [2.24, 2.45) is 0 Å². The molecular weight excluding hydrogens is 245 g/mol. The molecule has 6 heteroatoms. The number of unbranched alkanes of at least 4 members (excludes halogenated alkanes) is 1. The van der Waals surface area contributed by atoms with Crippen LogP contribution in [0.3, 0.4) is 0 Å². The summed E-state index contributed by atoms with van der Waals surface area (Å²) < 4.78 is 0. The van der Waals surface area contributed by atoms with Crippen molar-refractivity contribution in [3.05, 3.63) is 12.2 Å². The summed E-state index contributed by atoms with van der Waals surface area (Å²) in [6.07, 6.45) is 6.21. The number of nitrogens with zero attached hydrogens (tertiary/aromatic N) is 1. The average molecular weight is 267 g/mol. The molecule has 0 heterocycles. The van der Waals surface area contributed by atoms with Crippen LogP contribution in [-0.2, 0) is 19.3 Å². The zero-order valence-electron chi connectivity index (χ0n) is 10.8. The molecule has 0 N–H and O–H groups in total. The number of allylic oxidation sites excluding steroid dienone is 1. The molecule has 0 rings (SSSR count). The van der Waals surface area contributed by atoms with Crippen LogP contribution in [0.15, 0.2) is 12.2 Å². The molecule has 0 aliphatic carbocycles. The van der Waals surface area contributed by atoms with Gasteiger partial charge in [0.05, 0.1) is 6.54 Å². The van der Waals surface area contributed by atoms with Crippen LogP contribution < -0.4 is 0 Å². The predicted octanol–water partition coefficient (Wildman–Crippen LogP) is 1.73. The van der Waals surface area contributed by atoms with E-state index in [1.807, 2.05) is 6.08 Å². The van der Waals surface area contributed by atoms with E-state index < -0.39 is 11.9 Å². The SMILES string of the molecule is CCCC=CCN(OC(=O)CC)OC(=O)CC.[NaH]. The summed E-state index contributed by atoms with van der Waals surface area (Å²) in [6.45, 7) is 5.66. The summed E-state index contributed by atoms with van der Waals surface area (Å²) in [7, 11) is 0. The molecule has 5 nitrogen and oxygen atoms in total. The van der Waals surface area contributed by atoms with Gasteiger partial charge in [-0.15, -0.1) is 0 Å². The Kier molecular flexibility index (Phi) is 14.5. The second-order valence-electron chi connectivity index (χ2n) is 3.41. The third-order valence-corrected chi connectivity index (χ3v) is 1.86. The third kappa shape index (κ3) is 10.8. The number of hydrogen-bond acceptors (Lipinski definition) is 5. The fourth-order valence-electron chi connectivity index (χ4n) is 0.895. The first kappa shape index (κ1) is 20.0. The molecule has 18 heavy (non-hydrogen) atoms. The number of carbonyl (C=O) groups excluding carboxylic acids is 2. The number of hydrogen-bond donors (Lipinski definition) is 0. The van der Waals surface area contributed by atoms with Crippen molar-refractivity contribution in [3.8, 4) is 0 Å². The average Bonchev–Trinajstić information content (AvgIpc) is 2.33. The monoisotopic (exact) mass is 267 g/mol. The Morgan fingerprint density at radius 2 is 1.50 bits per heavy atom. The fraction of sp³-hybridized carbons (Fsp3) is 0.667. The topological polar surface area (TPSA) is 55.8 Å². The number of hydroxylamine groups is 2. The molecule has 0 aliphatic rings. The zero-order valence-corrected chi connectivity index (χ0v) is 10.8. The maximum atomic E-state index is 11.1. The van der Waals surface area contributed by atoms with E-state index in [9.17, 15) is 9.59 Å². The molecule has 0 spiro atoms. The Labute approximate surface area is 131 Å². The molecule has 0 aromatic rings. The van der Waals surface area contributed by atoms with E-state index >= 15 is 0 Å². The van der Waals surface area contributed by atoms with Crippen LogP contribution in [0.25, 0.3) is 0 Å². The maximum absolute atomic E-state index is 11.1. The van der Waals surface area contributed by atoms with Gasteiger partial charge >= 0.3 is 41.5 Å². The fourth-order valence-corrected chi connectivity index (χ4v) is 0.895. The molecular formula is C12H22NNaO4. The van der Waals surface area contributed by atoms with Crippen LogP contribution in [0.2, 0.25) is 0 Å². The summed E-state index contributed by atoms with van der Waals surface area (Å²) in [5, 5.41) is 0.920. The Morgan fingerprint density at radius 3 is 1.89 bits per heavy atom. The van der Waals surface area contributed by atoms with Gasteiger partial charge in [-0.05, 0) is 6.42 Å². The van der Waals surface area contributed by atoms with E-state index in [4.69, 9.17) is 9.68 Å². The van der Waals surface area contributed by atoms with Gasteiger partial charge in [0.2, 0.25) is 0 Å². The van der Waals surface area contributed by atoms with Crippen molar-refractivity contribution in [2.75, 3.05) is 6.54 Å². The van der Waals surface area contributed by atoms with Crippen LogP contribution in [0, 0.1) is 0 Å². The Morgan fingerprint density at radius 1 is 1.00 bits per heavy atom. The zero-order chi connectivity index (χ0) is 13.1. The summed E-state index contributed by atoms with van der Waals surface area (Å²) in [6, 6.07) is 0. The molecule has 0 bridgehead atoms. The summed E-state index contributed by atoms with van der Waals surface area (Å²) in [5.41, 5.74) is 0. The molecule has 0 saturated carbocycles. The molecule has 0 fully saturated rings. The van der Waals surface area contributed by atoms with E-state index in [0.29, 0.717) is 0 Å². The third-order valence-electron chi connectivity index (χ3n) is 1.86. The molecule has 0 unspecified atom stereocenters. The van der Waals surface area contributed by atoms with Gasteiger partial charge in [-0.25, -0.2) is 0 Å². The first-order valence-electron chi connectivity index (χ1n) is 5.98. The van der Waals surface area contributed by atoms with Crippen molar-refractivity contribution >= 4 is 41.5 Å². The normalized spacial score (nSPS) is 10.2. The minimum atomic E-state index is -0.433. The van der Waals surface area contributed by atoms with Crippen LogP contribution in [-0.4, -0.2) is 53.3 Å².